The van der Waals surface area contributed by atoms with Gasteiger partial charge in [0.1, 0.15) is 0 Å². The van der Waals surface area contributed by atoms with Gasteiger partial charge in [-0.2, -0.15) is 0 Å². The maximum absolute atomic E-state index is 15.7. The van der Waals surface area contributed by atoms with Gasteiger partial charge in [-0.25, -0.2) is 4.39 Å². The fourth-order valence-electron chi connectivity index (χ4n) is 3.64. The highest BCUT2D eigenvalue weighted by atomic mass is 19.1. The Balaban J connectivity index is 1.78. The molecule has 0 spiro atoms. The molecule has 0 aliphatic carbocycles. The van der Waals surface area contributed by atoms with Gasteiger partial charge in [0.05, 0.1) is 0 Å². The number of halogens is 1. The lowest BCUT2D eigenvalue weighted by Crippen LogP contribution is -2.43. The van der Waals surface area contributed by atoms with E-state index in [1.165, 1.54) is 0 Å². The average molecular weight is 396 g/mol. The first kappa shape index (κ1) is 19.7. The molecule has 0 heterocycles. The minimum atomic E-state index is -2.16. The molecule has 0 bridgehead atoms. The number of hydrogen-bond acceptors (Lipinski definition) is 2. The maximum atomic E-state index is 15.7. The molecular formula is C27H21FO2. The van der Waals surface area contributed by atoms with Crippen molar-refractivity contribution in [2.75, 3.05) is 0 Å². The van der Waals surface area contributed by atoms with E-state index in [0.717, 1.165) is 11.1 Å². The number of carbonyl (C=O) groups excluding carboxylic acids is 1. The number of alkyl halides is 1. The zero-order chi connectivity index (χ0) is 21.0. The zero-order valence-corrected chi connectivity index (χ0v) is 16.3. The lowest BCUT2D eigenvalue weighted by molar-refractivity contribution is 0.00254. The summed E-state index contributed by atoms with van der Waals surface area (Å²) in [6, 6.07) is 33.5. The van der Waals surface area contributed by atoms with Gasteiger partial charge in [-0.05, 0) is 22.3 Å². The van der Waals surface area contributed by atoms with E-state index in [1.54, 1.807) is 72.8 Å². The van der Waals surface area contributed by atoms with Crippen LogP contribution in [0.15, 0.2) is 115 Å². The molecule has 0 saturated heterocycles. The third-order valence-electron chi connectivity index (χ3n) is 5.30. The van der Waals surface area contributed by atoms with Gasteiger partial charge in [0.25, 0.3) is 0 Å². The van der Waals surface area contributed by atoms with Crippen molar-refractivity contribution in [1.82, 2.24) is 0 Å². The number of carbonyl (C=O) groups is 1. The van der Waals surface area contributed by atoms with Gasteiger partial charge in [0.15, 0.2) is 11.8 Å². The van der Waals surface area contributed by atoms with E-state index >= 15 is 4.39 Å². The van der Waals surface area contributed by atoms with E-state index in [0.29, 0.717) is 11.1 Å². The van der Waals surface area contributed by atoms with Gasteiger partial charge >= 0.3 is 0 Å². The van der Waals surface area contributed by atoms with E-state index in [-0.39, 0.29) is 5.56 Å². The van der Waals surface area contributed by atoms with Crippen LogP contribution in [-0.4, -0.2) is 17.1 Å². The number of ketones is 1. The molecule has 148 valence electrons. The highest BCUT2D eigenvalue weighted by Gasteiger charge is 2.45. The third-order valence-corrected chi connectivity index (χ3v) is 5.30. The summed E-state index contributed by atoms with van der Waals surface area (Å²) < 4.78 is 15.7. The topological polar surface area (TPSA) is 37.3 Å². The first-order valence-electron chi connectivity index (χ1n) is 9.78. The largest absolute Gasteiger partial charge is 0.377 e. The summed E-state index contributed by atoms with van der Waals surface area (Å²) in [5.41, 5.74) is 0.729. The van der Waals surface area contributed by atoms with E-state index < -0.39 is 17.6 Å². The van der Waals surface area contributed by atoms with E-state index in [9.17, 15) is 9.90 Å². The molecule has 0 aliphatic rings. The molecule has 3 heteroatoms. The number of hydrogen-bond donors (Lipinski definition) is 1. The molecule has 1 N–H and O–H groups in total. The lowest BCUT2D eigenvalue weighted by Gasteiger charge is -2.32. The van der Waals surface area contributed by atoms with Gasteiger partial charge in [0.2, 0.25) is 5.78 Å². The van der Waals surface area contributed by atoms with Crippen molar-refractivity contribution < 1.29 is 14.3 Å². The van der Waals surface area contributed by atoms with Crippen molar-refractivity contribution in [1.29, 1.82) is 0 Å². The number of Topliss-reactive ketones (excluding diaryl/α,β-unsaturated/α-hetero) is 1. The van der Waals surface area contributed by atoms with Crippen molar-refractivity contribution in [3.05, 3.63) is 132 Å². The Hall–Kier alpha value is -3.56. The van der Waals surface area contributed by atoms with Gasteiger partial charge in [0, 0.05) is 5.56 Å². The van der Waals surface area contributed by atoms with E-state index in [2.05, 4.69) is 0 Å². The molecule has 0 fully saturated rings. The zero-order valence-electron chi connectivity index (χ0n) is 16.3. The van der Waals surface area contributed by atoms with Gasteiger partial charge < -0.3 is 5.11 Å². The van der Waals surface area contributed by atoms with Crippen LogP contribution in [0.25, 0.3) is 11.1 Å². The van der Waals surface area contributed by atoms with Crippen LogP contribution in [0.3, 0.4) is 0 Å². The van der Waals surface area contributed by atoms with Crippen molar-refractivity contribution in [2.45, 2.75) is 11.8 Å². The molecule has 4 aromatic carbocycles. The van der Waals surface area contributed by atoms with Gasteiger partial charge in [-0.15, -0.1) is 0 Å². The Labute approximate surface area is 175 Å². The normalized spacial score (nSPS) is 13.9. The Morgan fingerprint density at radius 3 is 1.63 bits per heavy atom. The smallest absolute Gasteiger partial charge is 0.200 e. The van der Waals surface area contributed by atoms with Crippen molar-refractivity contribution >= 4 is 5.78 Å². The van der Waals surface area contributed by atoms with Crippen molar-refractivity contribution in [2.24, 2.45) is 0 Å². The fraction of sp³-hybridized carbons (Fsp3) is 0.0741. The van der Waals surface area contributed by atoms with Crippen LogP contribution in [0.4, 0.5) is 4.39 Å². The quantitative estimate of drug-likeness (QED) is 0.418. The van der Waals surface area contributed by atoms with E-state index in [1.807, 2.05) is 42.5 Å². The average Bonchev–Trinajstić information content (AvgIpc) is 2.84. The standard InChI is InChI=1S/C27H21FO2/c28-26(25(29)22-12-6-2-7-13-22)27(30,23-14-8-3-9-15-23)24-18-16-21(17-19-24)20-10-4-1-5-11-20/h1-19,26,30H. The van der Waals surface area contributed by atoms with Crippen LogP contribution < -0.4 is 0 Å². The van der Waals surface area contributed by atoms with Crippen LogP contribution >= 0.6 is 0 Å². The monoisotopic (exact) mass is 396 g/mol. The second-order valence-corrected chi connectivity index (χ2v) is 7.17. The predicted octanol–water partition coefficient (Wildman–Crippen LogP) is 5.81. The molecule has 0 amide bonds. The maximum Gasteiger partial charge on any atom is 0.200 e. The third kappa shape index (κ3) is 3.68. The first-order chi connectivity index (χ1) is 14.6. The van der Waals surface area contributed by atoms with E-state index in [4.69, 9.17) is 0 Å². The lowest BCUT2D eigenvalue weighted by atomic mass is 9.79. The Kier molecular flexibility index (Phi) is 5.55. The van der Waals surface area contributed by atoms with Crippen LogP contribution in [0.2, 0.25) is 0 Å². The van der Waals surface area contributed by atoms with Crippen LogP contribution in [-0.2, 0) is 5.60 Å². The summed E-state index contributed by atoms with van der Waals surface area (Å²) in [6.45, 7) is 0. The molecule has 2 nitrogen and oxygen atoms in total. The molecule has 4 aromatic rings. The number of aliphatic hydroxyl groups is 1. The van der Waals surface area contributed by atoms with Crippen molar-refractivity contribution in [3.8, 4) is 11.1 Å². The summed E-state index contributed by atoms with van der Waals surface area (Å²) in [5.74, 6) is -0.755. The van der Waals surface area contributed by atoms with Crippen molar-refractivity contribution in [3.63, 3.8) is 0 Å². The fourth-order valence-corrected chi connectivity index (χ4v) is 3.64. The van der Waals surface area contributed by atoms with Gasteiger partial charge in [-0.1, -0.05) is 115 Å². The number of rotatable bonds is 6. The molecule has 0 aromatic heterocycles. The molecule has 0 aliphatic heterocycles. The molecule has 4 rings (SSSR count). The minimum Gasteiger partial charge on any atom is -0.377 e. The second-order valence-electron chi connectivity index (χ2n) is 7.17. The van der Waals surface area contributed by atoms with Crippen LogP contribution in [0, 0.1) is 0 Å². The Morgan fingerprint density at radius 1 is 0.633 bits per heavy atom. The number of benzene rings is 4. The summed E-state index contributed by atoms with van der Waals surface area (Å²) in [6.07, 6.45) is -2.16. The second kappa shape index (κ2) is 8.44. The summed E-state index contributed by atoms with van der Waals surface area (Å²) in [4.78, 5) is 12.9. The molecule has 30 heavy (non-hydrogen) atoms. The molecule has 0 saturated carbocycles. The van der Waals surface area contributed by atoms with Crippen LogP contribution in [0.5, 0.6) is 0 Å². The minimum absolute atomic E-state index is 0.222. The summed E-state index contributed by atoms with van der Waals surface area (Å²) in [7, 11) is 0. The SMILES string of the molecule is O=C(c1ccccc1)C(F)C(O)(c1ccccc1)c1ccc(-c2ccccc2)cc1. The first-order valence-corrected chi connectivity index (χ1v) is 9.78. The summed E-state index contributed by atoms with van der Waals surface area (Å²) in [5, 5.41) is 11.6. The molecule has 2 atom stereocenters. The summed E-state index contributed by atoms with van der Waals surface area (Å²) >= 11 is 0. The highest BCUT2D eigenvalue weighted by molar-refractivity contribution is 6.00. The molecule has 2 unspecified atom stereocenters. The molecule has 0 radical (unpaired) electrons. The van der Waals surface area contributed by atoms with Crippen LogP contribution in [0.1, 0.15) is 21.5 Å². The van der Waals surface area contributed by atoms with Gasteiger partial charge in [-0.3, -0.25) is 4.79 Å². The highest BCUT2D eigenvalue weighted by Crippen LogP contribution is 2.37. The Bertz CT molecular complexity index is 1110. The Morgan fingerprint density at radius 2 is 1.07 bits per heavy atom. The predicted molar refractivity (Wildman–Crippen MR) is 117 cm³/mol. The molecular weight excluding hydrogens is 375 g/mol.